The number of rotatable bonds is 2. The zero-order valence-electron chi connectivity index (χ0n) is 10.9. The van der Waals surface area contributed by atoms with Gasteiger partial charge >= 0.3 is 0 Å². The minimum Gasteiger partial charge on any atom is -0.370 e. The Morgan fingerprint density at radius 2 is 2.17 bits per heavy atom. The second-order valence-corrected chi connectivity index (χ2v) is 6.21. The van der Waals surface area contributed by atoms with Crippen molar-refractivity contribution >= 4 is 23.2 Å². The molecular formula is C13H18Cl2N2O. The fourth-order valence-electron chi connectivity index (χ4n) is 2.49. The molecule has 0 radical (unpaired) electrons. The molecule has 1 aromatic rings. The summed E-state index contributed by atoms with van der Waals surface area (Å²) in [6, 6.07) is 3.50. The highest BCUT2D eigenvalue weighted by Crippen LogP contribution is 2.24. The first-order chi connectivity index (χ1) is 8.35. The SMILES string of the molecule is CC1CN(Cc2nc(Cl)ccc2Cl)CC(C)(C)O1. The minimum absolute atomic E-state index is 0.136. The summed E-state index contributed by atoms with van der Waals surface area (Å²) in [5.41, 5.74) is 0.692. The molecule has 1 saturated heterocycles. The van der Waals surface area contributed by atoms with Crippen molar-refractivity contribution in [3.05, 3.63) is 28.0 Å². The zero-order chi connectivity index (χ0) is 13.3. The molecule has 0 spiro atoms. The largest absolute Gasteiger partial charge is 0.370 e. The normalized spacial score (nSPS) is 24.2. The van der Waals surface area contributed by atoms with E-state index in [4.69, 9.17) is 27.9 Å². The number of pyridine rings is 1. The molecule has 1 fully saturated rings. The topological polar surface area (TPSA) is 25.4 Å². The fraction of sp³-hybridized carbons (Fsp3) is 0.615. The first-order valence-electron chi connectivity index (χ1n) is 6.07. The van der Waals surface area contributed by atoms with Crippen LogP contribution < -0.4 is 0 Å². The minimum atomic E-state index is -0.136. The van der Waals surface area contributed by atoms with Gasteiger partial charge in [0.25, 0.3) is 0 Å². The van der Waals surface area contributed by atoms with Crippen LogP contribution >= 0.6 is 23.2 Å². The third-order valence-corrected chi connectivity index (χ3v) is 3.45. The molecule has 0 saturated carbocycles. The van der Waals surface area contributed by atoms with Crippen LogP contribution in [0.4, 0.5) is 0 Å². The maximum atomic E-state index is 6.14. The van der Waals surface area contributed by atoms with Crippen LogP contribution in [-0.4, -0.2) is 34.7 Å². The van der Waals surface area contributed by atoms with Crippen LogP contribution in [0.3, 0.4) is 0 Å². The van der Waals surface area contributed by atoms with E-state index in [9.17, 15) is 0 Å². The van der Waals surface area contributed by atoms with E-state index in [0.717, 1.165) is 18.8 Å². The first-order valence-corrected chi connectivity index (χ1v) is 6.82. The van der Waals surface area contributed by atoms with Crippen LogP contribution in [0.15, 0.2) is 12.1 Å². The molecule has 0 bridgehead atoms. The molecule has 0 aromatic carbocycles. The molecule has 0 N–H and O–H groups in total. The molecular weight excluding hydrogens is 271 g/mol. The van der Waals surface area contributed by atoms with E-state index in [0.29, 0.717) is 16.7 Å². The summed E-state index contributed by atoms with van der Waals surface area (Å²) in [7, 11) is 0. The summed E-state index contributed by atoms with van der Waals surface area (Å²) >= 11 is 12.1. The van der Waals surface area contributed by atoms with E-state index >= 15 is 0 Å². The quantitative estimate of drug-likeness (QED) is 0.780. The molecule has 3 nitrogen and oxygen atoms in total. The third-order valence-electron chi connectivity index (χ3n) is 2.90. The van der Waals surface area contributed by atoms with E-state index in [-0.39, 0.29) is 11.7 Å². The lowest BCUT2D eigenvalue weighted by atomic mass is 10.1. The van der Waals surface area contributed by atoms with Crippen LogP contribution in [0.5, 0.6) is 0 Å². The van der Waals surface area contributed by atoms with Crippen molar-refractivity contribution < 1.29 is 4.74 Å². The number of hydrogen-bond acceptors (Lipinski definition) is 3. The van der Waals surface area contributed by atoms with Crippen molar-refractivity contribution in [2.24, 2.45) is 0 Å². The van der Waals surface area contributed by atoms with Crippen LogP contribution in [-0.2, 0) is 11.3 Å². The van der Waals surface area contributed by atoms with Crippen molar-refractivity contribution in [3.63, 3.8) is 0 Å². The highest BCUT2D eigenvalue weighted by molar-refractivity contribution is 6.32. The van der Waals surface area contributed by atoms with Gasteiger partial charge in [0.05, 0.1) is 22.4 Å². The predicted molar refractivity (Wildman–Crippen MR) is 74.2 cm³/mol. The van der Waals surface area contributed by atoms with Gasteiger partial charge in [0.15, 0.2) is 0 Å². The monoisotopic (exact) mass is 288 g/mol. The lowest BCUT2D eigenvalue weighted by Crippen LogP contribution is -2.51. The molecule has 0 amide bonds. The van der Waals surface area contributed by atoms with E-state index in [1.165, 1.54) is 0 Å². The Balaban J connectivity index is 2.11. The van der Waals surface area contributed by atoms with Gasteiger partial charge in [-0.3, -0.25) is 4.90 Å². The Morgan fingerprint density at radius 3 is 2.83 bits per heavy atom. The summed E-state index contributed by atoms with van der Waals surface area (Å²) in [5.74, 6) is 0. The Morgan fingerprint density at radius 1 is 1.44 bits per heavy atom. The molecule has 1 aliphatic rings. The van der Waals surface area contributed by atoms with Gasteiger partial charge in [-0.25, -0.2) is 4.98 Å². The van der Waals surface area contributed by atoms with E-state index in [1.54, 1.807) is 12.1 Å². The molecule has 100 valence electrons. The Labute approximate surface area is 118 Å². The number of hydrogen-bond donors (Lipinski definition) is 0. The van der Waals surface area contributed by atoms with Crippen molar-refractivity contribution in [2.45, 2.75) is 39.0 Å². The van der Waals surface area contributed by atoms with Crippen LogP contribution in [0.1, 0.15) is 26.5 Å². The van der Waals surface area contributed by atoms with Gasteiger partial charge in [-0.2, -0.15) is 0 Å². The van der Waals surface area contributed by atoms with E-state index < -0.39 is 0 Å². The molecule has 18 heavy (non-hydrogen) atoms. The number of nitrogens with zero attached hydrogens (tertiary/aromatic N) is 2. The fourth-order valence-corrected chi connectivity index (χ4v) is 2.82. The summed E-state index contributed by atoms with van der Waals surface area (Å²) < 4.78 is 5.87. The summed E-state index contributed by atoms with van der Waals surface area (Å²) in [6.45, 7) is 8.73. The molecule has 0 aliphatic carbocycles. The van der Waals surface area contributed by atoms with Gasteiger partial charge < -0.3 is 4.74 Å². The molecule has 1 aromatic heterocycles. The molecule has 1 unspecified atom stereocenters. The molecule has 2 heterocycles. The van der Waals surface area contributed by atoms with Gasteiger partial charge in [0.2, 0.25) is 0 Å². The smallest absolute Gasteiger partial charge is 0.129 e. The van der Waals surface area contributed by atoms with Crippen molar-refractivity contribution in [3.8, 4) is 0 Å². The van der Waals surface area contributed by atoms with Crippen LogP contribution in [0.25, 0.3) is 0 Å². The van der Waals surface area contributed by atoms with Crippen LogP contribution in [0.2, 0.25) is 10.2 Å². The van der Waals surface area contributed by atoms with Gasteiger partial charge in [0, 0.05) is 19.6 Å². The highest BCUT2D eigenvalue weighted by Gasteiger charge is 2.31. The average molecular weight is 289 g/mol. The molecule has 1 aliphatic heterocycles. The predicted octanol–water partition coefficient (Wildman–Crippen LogP) is 3.39. The van der Waals surface area contributed by atoms with Gasteiger partial charge in [0.1, 0.15) is 5.15 Å². The standard InChI is InChI=1S/C13H18Cl2N2O/c1-9-6-17(8-13(2,3)18-9)7-11-10(14)4-5-12(15)16-11/h4-5,9H,6-8H2,1-3H3. The second-order valence-electron chi connectivity index (χ2n) is 5.42. The highest BCUT2D eigenvalue weighted by atomic mass is 35.5. The maximum Gasteiger partial charge on any atom is 0.129 e. The van der Waals surface area contributed by atoms with Gasteiger partial charge in [-0.15, -0.1) is 0 Å². The van der Waals surface area contributed by atoms with Crippen molar-refractivity contribution in [2.75, 3.05) is 13.1 Å². The van der Waals surface area contributed by atoms with Crippen molar-refractivity contribution in [1.82, 2.24) is 9.88 Å². The second kappa shape index (κ2) is 5.33. The summed E-state index contributed by atoms with van der Waals surface area (Å²) in [6.07, 6.45) is 0.215. The van der Waals surface area contributed by atoms with Crippen molar-refractivity contribution in [1.29, 1.82) is 0 Å². The molecule has 5 heteroatoms. The van der Waals surface area contributed by atoms with E-state index in [1.807, 2.05) is 0 Å². The van der Waals surface area contributed by atoms with Gasteiger partial charge in [-0.05, 0) is 32.9 Å². The lowest BCUT2D eigenvalue weighted by Gasteiger charge is -2.41. The Kier molecular flexibility index (Phi) is 4.17. The van der Waals surface area contributed by atoms with Crippen LogP contribution in [0, 0.1) is 0 Å². The Bertz CT molecular complexity index is 437. The maximum absolute atomic E-state index is 6.14. The van der Waals surface area contributed by atoms with Gasteiger partial charge in [-0.1, -0.05) is 23.2 Å². The summed E-state index contributed by atoms with van der Waals surface area (Å²) in [5, 5.41) is 1.14. The zero-order valence-corrected chi connectivity index (χ0v) is 12.4. The lowest BCUT2D eigenvalue weighted by molar-refractivity contribution is -0.130. The van der Waals surface area contributed by atoms with E-state index in [2.05, 4.69) is 30.7 Å². The number of halogens is 2. The number of aromatic nitrogens is 1. The third kappa shape index (κ3) is 3.58. The molecule has 1 atom stereocenters. The Hall–Kier alpha value is -0.350. The average Bonchev–Trinajstić information content (AvgIpc) is 2.20. The molecule has 2 rings (SSSR count). The summed E-state index contributed by atoms with van der Waals surface area (Å²) in [4.78, 5) is 6.59. The number of morpholine rings is 1. The number of ether oxygens (including phenoxy) is 1. The first kappa shape index (κ1) is 14.1.